The van der Waals surface area contributed by atoms with Gasteiger partial charge in [0, 0.05) is 13.0 Å². The van der Waals surface area contributed by atoms with E-state index in [9.17, 15) is 14.7 Å². The largest absolute Gasteiger partial charge is 0.479 e. The number of hydrogen-bond acceptors (Lipinski definition) is 4. The van der Waals surface area contributed by atoms with Gasteiger partial charge in [0.25, 0.3) is 0 Å². The first-order chi connectivity index (χ1) is 14.2. The lowest BCUT2D eigenvalue weighted by Gasteiger charge is -2.17. The van der Waals surface area contributed by atoms with Gasteiger partial charge in [-0.3, -0.25) is 0 Å². The normalized spacial score (nSPS) is 12.1. The van der Waals surface area contributed by atoms with Crippen LogP contribution < -0.4 is 5.32 Å². The fraction of sp³-hybridized carbons (Fsp3) is 0.417. The van der Waals surface area contributed by atoms with Crippen LogP contribution in [-0.4, -0.2) is 29.4 Å². The van der Waals surface area contributed by atoms with E-state index in [4.69, 9.17) is 9.47 Å². The zero-order valence-electron chi connectivity index (χ0n) is 18.1. The Morgan fingerprint density at radius 2 is 1.63 bits per heavy atom. The van der Waals surface area contributed by atoms with Crippen LogP contribution in [0.2, 0.25) is 0 Å². The summed E-state index contributed by atoms with van der Waals surface area (Å²) in [6.07, 6.45) is -1.31. The summed E-state index contributed by atoms with van der Waals surface area (Å²) >= 11 is 0. The van der Waals surface area contributed by atoms with Gasteiger partial charge >= 0.3 is 12.1 Å². The van der Waals surface area contributed by atoms with Gasteiger partial charge in [-0.1, -0.05) is 62.4 Å². The Balaban J connectivity index is 1.84. The van der Waals surface area contributed by atoms with Crippen LogP contribution in [0.15, 0.2) is 48.5 Å². The lowest BCUT2D eigenvalue weighted by atomic mass is 10.0. The van der Waals surface area contributed by atoms with Crippen molar-refractivity contribution < 1.29 is 24.2 Å². The molecule has 0 spiro atoms. The number of carbonyl (C=O) groups is 2. The molecular weight excluding hydrogens is 382 g/mol. The molecule has 0 heterocycles. The van der Waals surface area contributed by atoms with Crippen LogP contribution in [0.3, 0.4) is 0 Å². The second-order valence-electron chi connectivity index (χ2n) is 7.86. The monoisotopic (exact) mass is 413 g/mol. The molecule has 0 aliphatic heterocycles. The molecular formula is C24H31NO5. The molecule has 2 aromatic carbocycles. The fourth-order valence-electron chi connectivity index (χ4n) is 2.98. The van der Waals surface area contributed by atoms with Crippen molar-refractivity contribution in [3.63, 3.8) is 0 Å². The summed E-state index contributed by atoms with van der Waals surface area (Å²) in [5.41, 5.74) is 3.87. The first kappa shape index (κ1) is 23.4. The topological polar surface area (TPSA) is 84.9 Å². The molecule has 0 fully saturated rings. The average Bonchev–Trinajstić information content (AvgIpc) is 2.70. The van der Waals surface area contributed by atoms with Gasteiger partial charge in [-0.05, 0) is 42.0 Å². The molecule has 2 aromatic rings. The summed E-state index contributed by atoms with van der Waals surface area (Å²) in [4.78, 5) is 23.4. The van der Waals surface area contributed by atoms with Gasteiger partial charge in [0.1, 0.15) is 6.61 Å². The third-order valence-corrected chi connectivity index (χ3v) is 4.58. The van der Waals surface area contributed by atoms with Gasteiger partial charge in [-0.2, -0.15) is 0 Å². The highest BCUT2D eigenvalue weighted by Gasteiger charge is 2.20. The van der Waals surface area contributed by atoms with Crippen molar-refractivity contribution >= 4 is 12.1 Å². The van der Waals surface area contributed by atoms with E-state index in [2.05, 4.69) is 19.2 Å². The number of carbonyl (C=O) groups excluding carboxylic acids is 1. The average molecular weight is 414 g/mol. The Kier molecular flexibility index (Phi) is 8.87. The summed E-state index contributed by atoms with van der Waals surface area (Å²) in [6.45, 7) is 8.38. The van der Waals surface area contributed by atoms with Crippen molar-refractivity contribution in [2.75, 3.05) is 0 Å². The quantitative estimate of drug-likeness (QED) is 0.592. The highest BCUT2D eigenvalue weighted by Crippen LogP contribution is 2.15. The lowest BCUT2D eigenvalue weighted by Crippen LogP contribution is -2.29. The van der Waals surface area contributed by atoms with Gasteiger partial charge in [-0.25, -0.2) is 9.59 Å². The minimum Gasteiger partial charge on any atom is -0.479 e. The molecule has 0 aliphatic rings. The zero-order chi connectivity index (χ0) is 22.1. The molecule has 0 aromatic heterocycles. The SMILES string of the molecule is CC(C)OC(Cc1cccc(CNC(=O)OCc2ccc(C(C)C)cc2)c1)C(=O)O. The molecule has 6 heteroatoms. The van der Waals surface area contributed by atoms with Crippen molar-refractivity contribution in [3.05, 3.63) is 70.8 Å². The molecule has 2 rings (SSSR count). The van der Waals surface area contributed by atoms with E-state index in [1.807, 2.05) is 48.5 Å². The minimum absolute atomic E-state index is 0.174. The summed E-state index contributed by atoms with van der Waals surface area (Å²) < 4.78 is 10.7. The number of benzene rings is 2. The molecule has 1 atom stereocenters. The molecule has 0 bridgehead atoms. The maximum absolute atomic E-state index is 12.0. The third-order valence-electron chi connectivity index (χ3n) is 4.58. The van der Waals surface area contributed by atoms with E-state index in [0.29, 0.717) is 12.5 Å². The van der Waals surface area contributed by atoms with E-state index in [1.54, 1.807) is 13.8 Å². The van der Waals surface area contributed by atoms with Crippen LogP contribution in [0, 0.1) is 0 Å². The number of aliphatic carboxylic acids is 1. The van der Waals surface area contributed by atoms with Crippen LogP contribution in [0.1, 0.15) is 55.9 Å². The molecule has 1 unspecified atom stereocenters. The first-order valence-corrected chi connectivity index (χ1v) is 10.2. The predicted octanol–water partition coefficient (Wildman–Crippen LogP) is 4.66. The van der Waals surface area contributed by atoms with Crippen LogP contribution in [0.25, 0.3) is 0 Å². The Morgan fingerprint density at radius 1 is 0.967 bits per heavy atom. The summed E-state index contributed by atoms with van der Waals surface area (Å²) in [5, 5.41) is 12.1. The van der Waals surface area contributed by atoms with Crippen molar-refractivity contribution in [1.29, 1.82) is 0 Å². The molecule has 2 N–H and O–H groups in total. The molecule has 0 radical (unpaired) electrons. The number of ether oxygens (including phenoxy) is 2. The van der Waals surface area contributed by atoms with Crippen LogP contribution in [0.5, 0.6) is 0 Å². The van der Waals surface area contributed by atoms with E-state index >= 15 is 0 Å². The molecule has 0 saturated heterocycles. The Labute approximate surface area is 178 Å². The number of amides is 1. The van der Waals surface area contributed by atoms with Crippen molar-refractivity contribution in [1.82, 2.24) is 5.32 Å². The molecule has 0 aliphatic carbocycles. The van der Waals surface area contributed by atoms with Gasteiger partial charge in [0.15, 0.2) is 6.10 Å². The van der Waals surface area contributed by atoms with Crippen molar-refractivity contribution in [3.8, 4) is 0 Å². The fourth-order valence-corrected chi connectivity index (χ4v) is 2.98. The van der Waals surface area contributed by atoms with Gasteiger partial charge < -0.3 is 19.9 Å². The first-order valence-electron chi connectivity index (χ1n) is 10.2. The smallest absolute Gasteiger partial charge is 0.407 e. The number of rotatable bonds is 10. The Bertz CT molecular complexity index is 830. The van der Waals surface area contributed by atoms with Crippen LogP contribution in [0.4, 0.5) is 4.79 Å². The number of nitrogens with one attached hydrogen (secondary N) is 1. The third kappa shape index (κ3) is 7.87. The zero-order valence-corrected chi connectivity index (χ0v) is 18.1. The number of alkyl carbamates (subject to hydrolysis) is 1. The Hall–Kier alpha value is -2.86. The van der Waals surface area contributed by atoms with Gasteiger partial charge in [-0.15, -0.1) is 0 Å². The van der Waals surface area contributed by atoms with Gasteiger partial charge in [0.05, 0.1) is 6.10 Å². The van der Waals surface area contributed by atoms with Crippen molar-refractivity contribution in [2.24, 2.45) is 0 Å². The second-order valence-corrected chi connectivity index (χ2v) is 7.86. The van der Waals surface area contributed by atoms with Crippen LogP contribution >= 0.6 is 0 Å². The summed E-state index contributed by atoms with van der Waals surface area (Å²) in [7, 11) is 0. The van der Waals surface area contributed by atoms with E-state index in [-0.39, 0.29) is 19.1 Å². The molecule has 30 heavy (non-hydrogen) atoms. The maximum Gasteiger partial charge on any atom is 0.407 e. The maximum atomic E-state index is 12.0. The predicted molar refractivity (Wildman–Crippen MR) is 115 cm³/mol. The molecule has 162 valence electrons. The molecule has 6 nitrogen and oxygen atoms in total. The van der Waals surface area contributed by atoms with Crippen LogP contribution in [-0.2, 0) is 33.8 Å². The number of carboxylic acids is 1. The summed E-state index contributed by atoms with van der Waals surface area (Å²) in [5.74, 6) is -0.529. The van der Waals surface area contributed by atoms with E-state index in [0.717, 1.165) is 16.7 Å². The highest BCUT2D eigenvalue weighted by molar-refractivity contribution is 5.72. The van der Waals surface area contributed by atoms with E-state index < -0.39 is 18.2 Å². The minimum atomic E-state index is -0.989. The highest BCUT2D eigenvalue weighted by atomic mass is 16.5. The summed E-state index contributed by atoms with van der Waals surface area (Å²) in [6, 6.07) is 15.4. The standard InChI is InChI=1S/C24H31NO5/c1-16(2)21-10-8-18(9-11-21)15-29-24(28)25-14-20-7-5-6-19(12-20)13-22(23(26)27)30-17(3)4/h5-12,16-17,22H,13-15H2,1-4H3,(H,25,28)(H,26,27). The second kappa shape index (κ2) is 11.4. The molecule has 1 amide bonds. The molecule has 0 saturated carbocycles. The lowest BCUT2D eigenvalue weighted by molar-refractivity contribution is -0.153. The van der Waals surface area contributed by atoms with Crippen molar-refractivity contribution in [2.45, 2.75) is 65.4 Å². The van der Waals surface area contributed by atoms with Gasteiger partial charge in [0.2, 0.25) is 0 Å². The number of carboxylic acid groups (broad SMARTS) is 1. The Morgan fingerprint density at radius 3 is 2.23 bits per heavy atom. The number of hydrogen-bond donors (Lipinski definition) is 2. The van der Waals surface area contributed by atoms with E-state index in [1.165, 1.54) is 5.56 Å².